The van der Waals surface area contributed by atoms with Crippen LogP contribution in [0.5, 0.6) is 0 Å². The van der Waals surface area contributed by atoms with Crippen molar-refractivity contribution in [2.24, 2.45) is 0 Å². The molecule has 1 unspecified atom stereocenters. The summed E-state index contributed by atoms with van der Waals surface area (Å²) in [6, 6.07) is 22.0. The first kappa shape index (κ1) is 30.3. The van der Waals surface area contributed by atoms with Crippen molar-refractivity contribution < 1.29 is 27.9 Å². The zero-order chi connectivity index (χ0) is 29.5. The van der Waals surface area contributed by atoms with Crippen LogP contribution < -0.4 is 5.32 Å². The van der Waals surface area contributed by atoms with Gasteiger partial charge in [0.25, 0.3) is 5.91 Å². The molecule has 3 aromatic rings. The molecule has 1 amide bonds. The standard InChI is InChI=1S/C33H37F3N2O3/c1-2-32(23-30(39)40,25-12-7-4-8-13-25)18-9-19-38-20-16-27(17-21-38)37-31(41)29-22-26(33(34,35)36)14-15-28(29)24-10-5-3-6-11-24/h3-8,10-15,22,27H,2,9,16-21,23H2,1H3,(H,37,41)(H,39,40). The lowest BCUT2D eigenvalue weighted by Gasteiger charge is -2.35. The molecule has 0 spiro atoms. The number of carboxylic acid groups (broad SMARTS) is 1. The quantitative estimate of drug-likeness (QED) is 0.258. The summed E-state index contributed by atoms with van der Waals surface area (Å²) in [5.74, 6) is -1.30. The number of piperidine rings is 1. The summed E-state index contributed by atoms with van der Waals surface area (Å²) in [6.07, 6.45) is -0.738. The van der Waals surface area contributed by atoms with Gasteiger partial charge >= 0.3 is 12.1 Å². The number of benzene rings is 3. The van der Waals surface area contributed by atoms with Crippen molar-refractivity contribution in [3.8, 4) is 11.1 Å². The Morgan fingerprint density at radius 1 is 0.927 bits per heavy atom. The van der Waals surface area contributed by atoms with E-state index < -0.39 is 29.0 Å². The molecule has 0 aliphatic carbocycles. The van der Waals surface area contributed by atoms with Crippen molar-refractivity contribution in [2.75, 3.05) is 19.6 Å². The number of alkyl halides is 3. The van der Waals surface area contributed by atoms with E-state index in [4.69, 9.17) is 0 Å². The normalized spacial score (nSPS) is 16.2. The van der Waals surface area contributed by atoms with Crippen LogP contribution in [0.2, 0.25) is 0 Å². The maximum absolute atomic E-state index is 13.5. The largest absolute Gasteiger partial charge is 0.481 e. The molecule has 218 valence electrons. The first-order valence-electron chi connectivity index (χ1n) is 14.2. The Bertz CT molecular complexity index is 1310. The predicted molar refractivity (Wildman–Crippen MR) is 154 cm³/mol. The fourth-order valence-corrected chi connectivity index (χ4v) is 5.90. The second-order valence-corrected chi connectivity index (χ2v) is 10.9. The van der Waals surface area contributed by atoms with Gasteiger partial charge < -0.3 is 15.3 Å². The summed E-state index contributed by atoms with van der Waals surface area (Å²) in [4.78, 5) is 27.3. The molecule has 8 heteroatoms. The topological polar surface area (TPSA) is 69.6 Å². The van der Waals surface area contributed by atoms with E-state index in [0.29, 0.717) is 24.0 Å². The maximum atomic E-state index is 13.5. The van der Waals surface area contributed by atoms with Crippen molar-refractivity contribution in [3.05, 3.63) is 95.6 Å². The van der Waals surface area contributed by atoms with E-state index in [1.165, 1.54) is 6.07 Å². The highest BCUT2D eigenvalue weighted by molar-refractivity contribution is 6.01. The molecule has 1 aliphatic heterocycles. The summed E-state index contributed by atoms with van der Waals surface area (Å²) in [5, 5.41) is 12.6. The minimum absolute atomic E-state index is 0.0173. The minimum atomic E-state index is -4.55. The van der Waals surface area contributed by atoms with Crippen LogP contribution in [0.4, 0.5) is 13.2 Å². The molecule has 1 aliphatic rings. The number of hydrogen-bond acceptors (Lipinski definition) is 3. The molecule has 1 heterocycles. The molecule has 3 aromatic carbocycles. The molecular weight excluding hydrogens is 529 g/mol. The summed E-state index contributed by atoms with van der Waals surface area (Å²) in [7, 11) is 0. The molecule has 5 nitrogen and oxygen atoms in total. The van der Waals surface area contributed by atoms with Crippen molar-refractivity contribution in [1.29, 1.82) is 0 Å². The third-order valence-electron chi connectivity index (χ3n) is 8.28. The number of nitrogens with one attached hydrogen (secondary N) is 1. The highest BCUT2D eigenvalue weighted by atomic mass is 19.4. The smallest absolute Gasteiger partial charge is 0.416 e. The Hall–Kier alpha value is -3.65. The zero-order valence-electron chi connectivity index (χ0n) is 23.3. The van der Waals surface area contributed by atoms with Gasteiger partial charge in [0.1, 0.15) is 0 Å². The van der Waals surface area contributed by atoms with Crippen LogP contribution in [0.1, 0.15) is 66.9 Å². The highest BCUT2D eigenvalue weighted by Crippen LogP contribution is 2.37. The van der Waals surface area contributed by atoms with Gasteiger partial charge in [0.05, 0.1) is 12.0 Å². The van der Waals surface area contributed by atoms with E-state index in [-0.39, 0.29) is 18.0 Å². The number of hydrogen-bond donors (Lipinski definition) is 2. The average Bonchev–Trinajstić information content (AvgIpc) is 2.97. The molecular formula is C33H37F3N2O3. The van der Waals surface area contributed by atoms with Crippen molar-refractivity contribution >= 4 is 11.9 Å². The van der Waals surface area contributed by atoms with Crippen LogP contribution in [-0.2, 0) is 16.4 Å². The van der Waals surface area contributed by atoms with Crippen LogP contribution in [0.15, 0.2) is 78.9 Å². The molecule has 0 saturated carbocycles. The third kappa shape index (κ3) is 7.76. The Morgan fingerprint density at radius 2 is 1.56 bits per heavy atom. The van der Waals surface area contributed by atoms with Gasteiger partial charge in [0, 0.05) is 30.1 Å². The number of likely N-dealkylation sites (tertiary alicyclic amines) is 1. The number of halogens is 3. The number of nitrogens with zero attached hydrogens (tertiary/aromatic N) is 1. The van der Waals surface area contributed by atoms with Gasteiger partial charge in [-0.2, -0.15) is 13.2 Å². The van der Waals surface area contributed by atoms with Gasteiger partial charge in [-0.15, -0.1) is 0 Å². The Kier molecular flexibility index (Phi) is 9.86. The Balaban J connectivity index is 1.36. The number of carboxylic acids is 1. The second-order valence-electron chi connectivity index (χ2n) is 10.9. The summed E-state index contributed by atoms with van der Waals surface area (Å²) in [5.41, 5.74) is 0.953. The monoisotopic (exact) mass is 566 g/mol. The van der Waals surface area contributed by atoms with E-state index in [1.54, 1.807) is 24.3 Å². The van der Waals surface area contributed by atoms with Crippen LogP contribution in [0, 0.1) is 0 Å². The van der Waals surface area contributed by atoms with Crippen LogP contribution in [0.25, 0.3) is 11.1 Å². The lowest BCUT2D eigenvalue weighted by molar-refractivity contribution is -0.139. The van der Waals surface area contributed by atoms with Gasteiger partial charge in [-0.05, 0) is 67.5 Å². The third-order valence-corrected chi connectivity index (χ3v) is 8.28. The summed E-state index contributed by atoms with van der Waals surface area (Å²) in [6.45, 7) is 4.36. The van der Waals surface area contributed by atoms with Crippen molar-refractivity contribution in [2.45, 2.75) is 63.1 Å². The molecule has 41 heavy (non-hydrogen) atoms. The molecule has 1 atom stereocenters. The summed E-state index contributed by atoms with van der Waals surface area (Å²) < 4.78 is 40.4. The van der Waals surface area contributed by atoms with Gasteiger partial charge in [-0.3, -0.25) is 9.59 Å². The molecule has 2 N–H and O–H groups in total. The minimum Gasteiger partial charge on any atom is -0.481 e. The maximum Gasteiger partial charge on any atom is 0.416 e. The molecule has 0 aromatic heterocycles. The van der Waals surface area contributed by atoms with Gasteiger partial charge in [0.15, 0.2) is 0 Å². The first-order valence-corrected chi connectivity index (χ1v) is 14.2. The lowest BCUT2D eigenvalue weighted by Crippen LogP contribution is -2.45. The van der Waals surface area contributed by atoms with E-state index in [0.717, 1.165) is 56.6 Å². The molecule has 0 radical (unpaired) electrons. The van der Waals surface area contributed by atoms with Crippen LogP contribution in [0.3, 0.4) is 0 Å². The van der Waals surface area contributed by atoms with E-state index in [1.807, 2.05) is 43.3 Å². The van der Waals surface area contributed by atoms with Crippen molar-refractivity contribution in [3.63, 3.8) is 0 Å². The van der Waals surface area contributed by atoms with Crippen molar-refractivity contribution in [1.82, 2.24) is 10.2 Å². The fourth-order valence-electron chi connectivity index (χ4n) is 5.90. The van der Waals surface area contributed by atoms with Gasteiger partial charge in [-0.1, -0.05) is 73.7 Å². The second kappa shape index (κ2) is 13.3. The Labute approximate surface area is 239 Å². The Morgan fingerprint density at radius 3 is 2.15 bits per heavy atom. The number of carbonyl (C=O) groups is 2. The van der Waals surface area contributed by atoms with E-state index in [9.17, 15) is 27.9 Å². The van der Waals surface area contributed by atoms with Gasteiger partial charge in [-0.25, -0.2) is 0 Å². The molecule has 1 saturated heterocycles. The SMILES string of the molecule is CCC(CCCN1CCC(NC(=O)c2cc(C(F)(F)F)ccc2-c2ccccc2)CC1)(CC(=O)O)c1ccccc1. The van der Waals surface area contributed by atoms with E-state index >= 15 is 0 Å². The van der Waals surface area contributed by atoms with Crippen LogP contribution >= 0.6 is 0 Å². The summed E-state index contributed by atoms with van der Waals surface area (Å²) >= 11 is 0. The lowest BCUT2D eigenvalue weighted by atomic mass is 9.72. The predicted octanol–water partition coefficient (Wildman–Crippen LogP) is 7.17. The first-order chi connectivity index (χ1) is 19.6. The number of aliphatic carboxylic acids is 1. The van der Waals surface area contributed by atoms with Crippen LogP contribution in [-0.4, -0.2) is 47.6 Å². The number of rotatable bonds is 11. The van der Waals surface area contributed by atoms with E-state index in [2.05, 4.69) is 10.2 Å². The fraction of sp³-hybridized carbons (Fsp3) is 0.394. The highest BCUT2D eigenvalue weighted by Gasteiger charge is 2.34. The van der Waals surface area contributed by atoms with Gasteiger partial charge in [0.2, 0.25) is 0 Å². The zero-order valence-corrected chi connectivity index (χ0v) is 23.3. The molecule has 1 fully saturated rings. The molecule has 0 bridgehead atoms. The molecule has 4 rings (SSSR count). The number of carbonyl (C=O) groups excluding carboxylic acids is 1. The average molecular weight is 567 g/mol. The number of amides is 1.